The van der Waals surface area contributed by atoms with E-state index in [1.54, 1.807) is 48.5 Å². The van der Waals surface area contributed by atoms with Crippen molar-refractivity contribution in [1.29, 1.82) is 0 Å². The molecule has 11 aliphatic rings. The van der Waals surface area contributed by atoms with Gasteiger partial charge in [-0.1, -0.05) is 188 Å². The summed E-state index contributed by atoms with van der Waals surface area (Å²) in [6.45, 7) is -24.8. The molecule has 2 aliphatic heterocycles. The molecule has 2 heterocycles. The van der Waals surface area contributed by atoms with Crippen LogP contribution in [0.4, 0.5) is 117 Å². The topological polar surface area (TPSA) is 287 Å². The second-order valence-electron chi connectivity index (χ2n) is 38.4. The van der Waals surface area contributed by atoms with Crippen LogP contribution in [0.5, 0.6) is 0 Å². The fraction of sp³-hybridized carbons (Fsp3) is 0.700. The van der Waals surface area contributed by atoms with Crippen molar-refractivity contribution in [2.24, 2.45) is 62.6 Å². The predicted octanol–water partition coefficient (Wildman–Crippen LogP) is -6.17. The number of benzene rings is 2. The van der Waals surface area contributed by atoms with Crippen LogP contribution in [-0.2, 0) is 99.2 Å². The SMILES string of the molecule is CC(=O)[C@H]1C[C@@H]1[B-](F)(F)F.CC(C)(C)CC(=O)[C@@H]1C[C@@H]1[B-](F)(F)F.CC(C)(C)CC(=O)[C@H]1C[C@@H]1[B-](F)(F)F.CCOC(=O)C1(C(=O)OCC)C[C@@H]1[B-](F)(F)F.CCOC(=O)[C@@]1(C(=O)N2CCCC2)C[C@@H]1[B-](F)(F)F.CCOC(=O)[C@]1(C(=O)N2CCCC2)C[C@@H]1[B-](F)(F)F.O=C(O)[C@H]1C[C@@H]1[B-](F)(F)F.O=C(OCc1ccccc1)[C@@H]1C[C@@H]1[B-](F)(F)F.O=C(OCc1ccccc1)[C@H]1C[C@@H]1[B-](F)(F)F.[K+].[K+].[K+].[K+].[K+].[K+].[K+].[K+].[K+]. The normalized spacial score (nSPS) is 25.5. The number of aliphatic carboxylic acids is 1. The Hall–Kier alpha value is 6.10. The number of amides is 2. The van der Waals surface area contributed by atoms with Gasteiger partial charge in [0.15, 0.2) is 0 Å². The molecule has 146 heavy (non-hydrogen) atoms. The maximum Gasteiger partial charge on any atom is 1.00 e. The molecule has 0 bridgehead atoms. The van der Waals surface area contributed by atoms with Crippen LogP contribution in [0, 0.1) is 62.6 Å². The Labute approximate surface area is 1210 Å². The van der Waals surface area contributed by atoms with E-state index in [-0.39, 0.29) is 582 Å². The Bertz CT molecular complexity index is 4260. The number of ketones is 3. The molecule has 2 aromatic rings. The Balaban J connectivity index is -0.000000510. The molecule has 0 aromatic heterocycles. The molecule has 1 N–H and O–H groups in total. The van der Waals surface area contributed by atoms with Gasteiger partial charge in [-0.15, -0.1) is 0 Å². The predicted molar refractivity (Wildman–Crippen MR) is 452 cm³/mol. The fourth-order valence-electron chi connectivity index (χ4n) is 16.2. The van der Waals surface area contributed by atoms with E-state index in [0.717, 1.165) is 36.8 Å². The van der Waals surface area contributed by atoms with Crippen molar-refractivity contribution in [1.82, 2.24) is 9.80 Å². The van der Waals surface area contributed by atoms with Crippen LogP contribution in [0.15, 0.2) is 60.7 Å². The van der Waals surface area contributed by atoms with Crippen molar-refractivity contribution in [3.63, 3.8) is 0 Å². The van der Waals surface area contributed by atoms with Crippen molar-refractivity contribution in [3.05, 3.63) is 71.8 Å². The van der Waals surface area contributed by atoms with Crippen molar-refractivity contribution < 1.29 is 670 Å². The van der Waals surface area contributed by atoms with Crippen molar-refractivity contribution >= 4 is 134 Å². The molecule has 9 aliphatic carbocycles. The number of carboxylic acids is 1. The van der Waals surface area contributed by atoms with E-state index >= 15 is 0 Å². The maximum absolute atomic E-state index is 12.9. The summed E-state index contributed by atoms with van der Waals surface area (Å²) in [5.41, 5.74) is -4.99. The smallest absolute Gasteiger partial charge is 0.481 e. The summed E-state index contributed by atoms with van der Waals surface area (Å²) >= 11 is 0. The number of halogens is 27. The Kier molecular flexibility index (Phi) is 74.5. The van der Waals surface area contributed by atoms with E-state index in [1.165, 1.54) is 44.4 Å². The van der Waals surface area contributed by atoms with E-state index in [2.05, 4.69) is 9.47 Å². The average Bonchev–Trinajstić information content (AvgIpc) is 1.54. The summed E-state index contributed by atoms with van der Waals surface area (Å²) < 4.78 is 360. The number of nitrogens with zero attached hydrogens (tertiary/aromatic N) is 2. The molecular formula is C80H109B9F27K9N2O19. The number of likely N-dealkylation sites (tertiary alicyclic amines) is 2. The molecule has 13 rings (SSSR count). The summed E-state index contributed by atoms with van der Waals surface area (Å²) in [7, 11) is 0. The molecule has 21 nitrogen and oxygen atoms in total. The number of hydrogen-bond acceptors (Lipinski definition) is 18. The Morgan fingerprint density at radius 1 is 0.315 bits per heavy atom. The number of rotatable bonds is 31. The summed E-state index contributed by atoms with van der Waals surface area (Å²) in [4.78, 5) is 140. The zero-order chi connectivity index (χ0) is 105. The summed E-state index contributed by atoms with van der Waals surface area (Å²) in [6, 6.07) is 17.8. The third kappa shape index (κ3) is 52.1. The Morgan fingerprint density at radius 3 is 0.705 bits per heavy atom. The van der Waals surface area contributed by atoms with Crippen LogP contribution >= 0.6 is 0 Å². The van der Waals surface area contributed by atoms with Gasteiger partial charge in [0.1, 0.15) is 46.8 Å². The molecule has 9 saturated carbocycles. The Morgan fingerprint density at radius 2 is 0.527 bits per heavy atom. The number of ether oxygens (including phenoxy) is 6. The minimum Gasteiger partial charge on any atom is -0.481 e. The largest absolute Gasteiger partial charge is 1.00 e. The molecule has 0 spiro atoms. The summed E-state index contributed by atoms with van der Waals surface area (Å²) in [5.74, 6) is -28.5. The van der Waals surface area contributed by atoms with Gasteiger partial charge in [0.05, 0.1) is 26.4 Å². The number of carbonyl (C=O) groups excluding carboxylic acids is 11. The first-order valence-electron chi connectivity index (χ1n) is 44.8. The molecular weight excluding hydrogens is 2260 g/mol. The van der Waals surface area contributed by atoms with Crippen LogP contribution in [0.25, 0.3) is 0 Å². The van der Waals surface area contributed by atoms with E-state index in [1.807, 2.05) is 53.7 Å². The molecule has 0 unspecified atom stereocenters. The van der Waals surface area contributed by atoms with Crippen LogP contribution in [0.1, 0.15) is 184 Å². The van der Waals surface area contributed by atoms with Gasteiger partial charge < -0.3 is 160 Å². The van der Waals surface area contributed by atoms with Crippen LogP contribution in [0.2, 0.25) is 52.4 Å². The van der Waals surface area contributed by atoms with Crippen LogP contribution < -0.4 is 462 Å². The molecule has 2 saturated heterocycles. The molecule has 2 amide bonds. The molecule has 66 heteroatoms. The number of carbonyl (C=O) groups is 12. The van der Waals surface area contributed by atoms with Crippen molar-refractivity contribution in [3.8, 4) is 0 Å². The second-order valence-corrected chi connectivity index (χ2v) is 38.4. The van der Waals surface area contributed by atoms with Gasteiger partial charge in [-0.3, -0.25) is 57.5 Å². The minimum atomic E-state index is -5.25. The number of carboxylic acid groups (broad SMARTS) is 1. The summed E-state index contributed by atoms with van der Waals surface area (Å²) in [5, 5.41) is 8.10. The minimum absolute atomic E-state index is 0. The third-order valence-corrected chi connectivity index (χ3v) is 24.6. The van der Waals surface area contributed by atoms with E-state index in [4.69, 9.17) is 24.1 Å². The molecule has 11 fully saturated rings. The van der Waals surface area contributed by atoms with Crippen LogP contribution in [0.3, 0.4) is 0 Å². The zero-order valence-corrected chi connectivity index (χ0v) is 114. The fourth-order valence-corrected chi connectivity index (χ4v) is 16.2. The molecule has 2 aromatic carbocycles. The number of Topliss-reactive ketones (excluding diaryl/α,β-unsaturated/α-hetero) is 3. The second kappa shape index (κ2) is 67.8. The van der Waals surface area contributed by atoms with Gasteiger partial charge in [0.25, 0.3) is 0 Å². The zero-order valence-electron chi connectivity index (χ0n) is 85.7. The maximum atomic E-state index is 12.9. The number of hydrogen-bond donors (Lipinski definition) is 1. The first-order chi connectivity index (χ1) is 62.5. The van der Waals surface area contributed by atoms with Crippen molar-refractivity contribution in [2.45, 2.75) is 238 Å². The first kappa shape index (κ1) is 160. The van der Waals surface area contributed by atoms with Gasteiger partial charge in [-0.25, -0.2) is 0 Å². The van der Waals surface area contributed by atoms with E-state index in [0.29, 0.717) is 26.2 Å². The van der Waals surface area contributed by atoms with Crippen LogP contribution in [-0.4, -0.2) is 201 Å². The monoisotopic (exact) mass is 2360 g/mol. The van der Waals surface area contributed by atoms with Gasteiger partial charge in [0.2, 0.25) is 11.8 Å². The molecule has 0 radical (unpaired) electrons. The van der Waals surface area contributed by atoms with Crippen molar-refractivity contribution in [2.75, 3.05) is 52.6 Å². The van der Waals surface area contributed by atoms with E-state index in [9.17, 15) is 174 Å². The molecule has 778 valence electrons. The van der Waals surface area contributed by atoms with E-state index < -0.39 is 240 Å². The summed E-state index contributed by atoms with van der Waals surface area (Å²) in [6.07, 6.45) is 1.74. The quantitative estimate of drug-likeness (QED) is 0.0242. The average molecular weight is 2360 g/mol. The van der Waals surface area contributed by atoms with Gasteiger partial charge in [-0.05, 0) is 124 Å². The van der Waals surface area contributed by atoms with Gasteiger partial charge in [0, 0.05) is 56.8 Å². The third-order valence-electron chi connectivity index (χ3n) is 24.6. The number of esters is 6. The van der Waals surface area contributed by atoms with Gasteiger partial charge >= 0.3 is 567 Å². The van der Waals surface area contributed by atoms with Gasteiger partial charge in [-0.2, -0.15) is 0 Å². The first-order valence-corrected chi connectivity index (χ1v) is 44.8. The standard InChI is InChI=1S/2C11H16BF3NO3.2C11H11BF3O2.C9H13BF3O4.2C9H15BF3O.C5H7BF3O.C4H5BF3O2.9K/c2*1-2-19-10(18)11(7-8(11)12(13,14)15)9(17)16-5-3-4-6-16;2*13-12(14,15)10-6-9(10)11(16)17-7-8-4-2-1-3-5-8;1-3-16-7(14)9(8(15)17-4-2)5-6(9)10(11,12)13;2*1-9(2,3)5-8(14)6-4-7(6)10(11,12)13;1-3(10)4-2-5(4)6(7,8)9;6-5(7,8)3-1-2(3)4(9)10;;;;;;;;;/h2*8H,2-7H2,1H3;2*1-5,9-10H,6-7H2;6H,3-5H2,1-2H3;2*6-7H,4-5H2,1-3H3;4-5H,2H2,1H3;2-3H,1H2,(H,9,10);;;;;;;;;/q9*-1;9*+1/t8-,11+;8-,11-;9-,10+;9-,10-;6-;6-,7+;6-,7-;4-,5+;2-,3-;;;;;;;;;/m001001010........./s1. The molecule has 17 atom stereocenters.